The Bertz CT molecular complexity index is 500. The van der Waals surface area contributed by atoms with Crippen LogP contribution in [0.5, 0.6) is 0 Å². The van der Waals surface area contributed by atoms with E-state index in [0.29, 0.717) is 18.2 Å². The van der Waals surface area contributed by atoms with Crippen molar-refractivity contribution in [3.63, 3.8) is 0 Å². The van der Waals surface area contributed by atoms with E-state index in [1.165, 1.54) is 10.4 Å². The van der Waals surface area contributed by atoms with E-state index in [-0.39, 0.29) is 15.4 Å². The maximum atomic E-state index is 12.3. The standard InChI is InChI=1S/C11H17BrClNO3S/c1-4-8(2)7-14(3)18(15,16)10-5-9(6-13)17-11(10)12/h5,8H,4,6-7H2,1-3H3. The Balaban J connectivity index is 3.01. The molecular formula is C11H17BrClNO3S. The van der Waals surface area contributed by atoms with Crippen LogP contribution in [0.25, 0.3) is 0 Å². The van der Waals surface area contributed by atoms with Gasteiger partial charge in [0.05, 0.1) is 5.88 Å². The average molecular weight is 359 g/mol. The highest BCUT2D eigenvalue weighted by molar-refractivity contribution is 9.10. The third kappa shape index (κ3) is 3.50. The average Bonchev–Trinajstić information content (AvgIpc) is 2.70. The van der Waals surface area contributed by atoms with Crippen LogP contribution >= 0.6 is 27.5 Å². The second kappa shape index (κ2) is 6.41. The lowest BCUT2D eigenvalue weighted by Gasteiger charge is -2.19. The minimum atomic E-state index is -3.53. The fourth-order valence-electron chi connectivity index (χ4n) is 1.47. The molecule has 0 aliphatic heterocycles. The van der Waals surface area contributed by atoms with E-state index in [1.54, 1.807) is 7.05 Å². The van der Waals surface area contributed by atoms with E-state index in [2.05, 4.69) is 15.9 Å². The van der Waals surface area contributed by atoms with Crippen molar-refractivity contribution < 1.29 is 12.8 Å². The Morgan fingerprint density at radius 1 is 1.56 bits per heavy atom. The zero-order valence-corrected chi connectivity index (χ0v) is 13.8. The van der Waals surface area contributed by atoms with Gasteiger partial charge in [-0.3, -0.25) is 0 Å². The van der Waals surface area contributed by atoms with Gasteiger partial charge in [0.2, 0.25) is 10.0 Å². The van der Waals surface area contributed by atoms with Gasteiger partial charge >= 0.3 is 0 Å². The molecule has 1 aromatic rings. The summed E-state index contributed by atoms with van der Waals surface area (Å²) in [6.07, 6.45) is 0.930. The normalized spacial score (nSPS) is 14.1. The maximum absolute atomic E-state index is 12.3. The second-order valence-electron chi connectivity index (χ2n) is 4.28. The third-order valence-electron chi connectivity index (χ3n) is 2.79. The highest BCUT2D eigenvalue weighted by Gasteiger charge is 2.27. The van der Waals surface area contributed by atoms with Crippen LogP contribution in [0, 0.1) is 5.92 Å². The van der Waals surface area contributed by atoms with Gasteiger partial charge < -0.3 is 4.42 Å². The van der Waals surface area contributed by atoms with Crippen molar-refractivity contribution in [3.05, 3.63) is 16.5 Å². The monoisotopic (exact) mass is 357 g/mol. The second-order valence-corrected chi connectivity index (χ2v) is 7.28. The van der Waals surface area contributed by atoms with Gasteiger partial charge in [-0.15, -0.1) is 11.6 Å². The van der Waals surface area contributed by atoms with Gasteiger partial charge in [-0.2, -0.15) is 0 Å². The molecule has 1 atom stereocenters. The fourth-order valence-corrected chi connectivity index (χ4v) is 3.85. The molecule has 0 saturated carbocycles. The molecule has 4 nitrogen and oxygen atoms in total. The highest BCUT2D eigenvalue weighted by atomic mass is 79.9. The van der Waals surface area contributed by atoms with Crippen molar-refractivity contribution in [1.82, 2.24) is 4.31 Å². The Morgan fingerprint density at radius 3 is 2.61 bits per heavy atom. The van der Waals surface area contributed by atoms with E-state index in [1.807, 2.05) is 13.8 Å². The summed E-state index contributed by atoms with van der Waals surface area (Å²) in [4.78, 5) is 0.129. The van der Waals surface area contributed by atoms with Crippen molar-refractivity contribution in [3.8, 4) is 0 Å². The van der Waals surface area contributed by atoms with Crippen molar-refractivity contribution in [2.24, 2.45) is 5.92 Å². The maximum Gasteiger partial charge on any atom is 0.247 e. The summed E-state index contributed by atoms with van der Waals surface area (Å²) in [6, 6.07) is 1.46. The summed E-state index contributed by atoms with van der Waals surface area (Å²) >= 11 is 8.74. The highest BCUT2D eigenvalue weighted by Crippen LogP contribution is 2.29. The molecule has 1 unspecified atom stereocenters. The molecule has 104 valence electrons. The zero-order valence-electron chi connectivity index (χ0n) is 10.6. The molecule has 0 aliphatic rings. The number of hydrogen-bond acceptors (Lipinski definition) is 3. The van der Waals surface area contributed by atoms with Crippen molar-refractivity contribution in [1.29, 1.82) is 0 Å². The molecule has 0 N–H and O–H groups in total. The predicted molar refractivity (Wildman–Crippen MR) is 75.2 cm³/mol. The summed E-state index contributed by atoms with van der Waals surface area (Å²) in [5.41, 5.74) is 0. The van der Waals surface area contributed by atoms with Gasteiger partial charge in [-0.05, 0) is 21.8 Å². The van der Waals surface area contributed by atoms with E-state index in [4.69, 9.17) is 16.0 Å². The smallest absolute Gasteiger partial charge is 0.247 e. The lowest BCUT2D eigenvalue weighted by molar-refractivity contribution is 0.392. The molecule has 1 aromatic heterocycles. The molecule has 0 bridgehead atoms. The van der Waals surface area contributed by atoms with Crippen LogP contribution in [0.2, 0.25) is 0 Å². The Labute approximate surface area is 121 Å². The molecule has 0 spiro atoms. The van der Waals surface area contributed by atoms with Crippen LogP contribution in [0.1, 0.15) is 26.0 Å². The Morgan fingerprint density at radius 2 is 2.17 bits per heavy atom. The summed E-state index contributed by atoms with van der Waals surface area (Å²) < 4.78 is 31.4. The van der Waals surface area contributed by atoms with Crippen molar-refractivity contribution in [2.75, 3.05) is 13.6 Å². The van der Waals surface area contributed by atoms with Gasteiger partial charge in [-0.25, -0.2) is 12.7 Å². The van der Waals surface area contributed by atoms with Gasteiger partial charge in [0, 0.05) is 19.7 Å². The fraction of sp³-hybridized carbons (Fsp3) is 0.636. The predicted octanol–water partition coefficient (Wildman–Crippen LogP) is 3.45. The third-order valence-corrected chi connectivity index (χ3v) is 5.74. The summed E-state index contributed by atoms with van der Waals surface area (Å²) in [6.45, 7) is 4.53. The van der Waals surface area contributed by atoms with Gasteiger partial charge in [0.1, 0.15) is 10.7 Å². The first-order chi connectivity index (χ1) is 8.32. The first-order valence-corrected chi connectivity index (χ1v) is 8.40. The molecule has 0 amide bonds. The Hall–Kier alpha value is -0.0400. The topological polar surface area (TPSA) is 50.5 Å². The minimum absolute atomic E-state index is 0.129. The zero-order chi connectivity index (χ0) is 13.9. The van der Waals surface area contributed by atoms with E-state index < -0.39 is 10.0 Å². The summed E-state index contributed by atoms with van der Waals surface area (Å²) in [5, 5.41) is 0. The lowest BCUT2D eigenvalue weighted by Crippen LogP contribution is -2.31. The van der Waals surface area contributed by atoms with Crippen LogP contribution in [0.15, 0.2) is 20.0 Å². The molecule has 1 rings (SSSR count). The van der Waals surface area contributed by atoms with Crippen LogP contribution in [0.4, 0.5) is 0 Å². The first-order valence-electron chi connectivity index (χ1n) is 5.63. The quantitative estimate of drug-likeness (QED) is 0.732. The molecule has 0 saturated heterocycles. The van der Waals surface area contributed by atoms with Gasteiger partial charge in [0.25, 0.3) is 0 Å². The summed E-state index contributed by atoms with van der Waals surface area (Å²) in [5.74, 6) is 0.880. The van der Waals surface area contributed by atoms with Crippen LogP contribution in [-0.2, 0) is 15.9 Å². The molecule has 1 heterocycles. The van der Waals surface area contributed by atoms with Gasteiger partial charge in [-0.1, -0.05) is 20.3 Å². The summed E-state index contributed by atoms with van der Waals surface area (Å²) in [7, 11) is -1.96. The van der Waals surface area contributed by atoms with Crippen molar-refractivity contribution >= 4 is 37.6 Å². The SMILES string of the molecule is CCC(C)CN(C)S(=O)(=O)c1cc(CCl)oc1Br. The number of hydrogen-bond donors (Lipinski definition) is 0. The molecule has 7 heteroatoms. The molecule has 18 heavy (non-hydrogen) atoms. The first kappa shape index (κ1) is 16.0. The van der Waals surface area contributed by atoms with Crippen LogP contribution in [-0.4, -0.2) is 26.3 Å². The number of alkyl halides is 1. The van der Waals surface area contributed by atoms with E-state index in [0.717, 1.165) is 6.42 Å². The number of rotatable bonds is 6. The molecule has 0 fully saturated rings. The largest absolute Gasteiger partial charge is 0.452 e. The molecule has 0 radical (unpaired) electrons. The Kier molecular flexibility index (Phi) is 5.70. The lowest BCUT2D eigenvalue weighted by atomic mass is 10.1. The van der Waals surface area contributed by atoms with Crippen molar-refractivity contribution in [2.45, 2.75) is 31.0 Å². The van der Waals surface area contributed by atoms with Crippen LogP contribution < -0.4 is 0 Å². The van der Waals surface area contributed by atoms with E-state index in [9.17, 15) is 8.42 Å². The molecule has 0 aromatic carbocycles. The number of furan rings is 1. The number of nitrogens with zero attached hydrogens (tertiary/aromatic N) is 1. The molecule has 0 aliphatic carbocycles. The number of halogens is 2. The number of sulfonamides is 1. The van der Waals surface area contributed by atoms with E-state index >= 15 is 0 Å². The van der Waals surface area contributed by atoms with Gasteiger partial charge in [0.15, 0.2) is 4.67 Å². The minimum Gasteiger partial charge on any atom is -0.452 e. The molecular weight excluding hydrogens is 342 g/mol. The van der Waals surface area contributed by atoms with Crippen LogP contribution in [0.3, 0.4) is 0 Å².